The van der Waals surface area contributed by atoms with Gasteiger partial charge >= 0.3 is 6.18 Å². The molecule has 0 saturated carbocycles. The Balaban J connectivity index is 1.61. The fraction of sp³-hybridized carbons (Fsp3) is 0.190. The van der Waals surface area contributed by atoms with Crippen molar-refractivity contribution in [1.29, 1.82) is 5.26 Å². The average molecular weight is 454 g/mol. The highest BCUT2D eigenvalue weighted by Gasteiger charge is 2.42. The van der Waals surface area contributed by atoms with Crippen molar-refractivity contribution in [3.8, 4) is 22.5 Å². The second-order valence-electron chi connectivity index (χ2n) is 7.20. The average Bonchev–Trinajstić information content (AvgIpc) is 3.52. The molecule has 5 rings (SSSR count). The van der Waals surface area contributed by atoms with E-state index in [1.165, 1.54) is 33.3 Å². The van der Waals surface area contributed by atoms with Crippen molar-refractivity contribution in [2.24, 2.45) is 0 Å². The molecule has 1 aliphatic rings. The van der Waals surface area contributed by atoms with Crippen LogP contribution in [0, 0.1) is 18.3 Å². The minimum atomic E-state index is -4.61. The van der Waals surface area contributed by atoms with Crippen LogP contribution in [0.2, 0.25) is 0 Å². The molecule has 1 aromatic carbocycles. The molecule has 0 amide bonds. The highest BCUT2D eigenvalue weighted by Crippen LogP contribution is 2.37. The predicted molar refractivity (Wildman–Crippen MR) is 110 cm³/mol. The summed E-state index contributed by atoms with van der Waals surface area (Å²) in [6.45, 7) is 2.08. The fourth-order valence-corrected chi connectivity index (χ4v) is 4.36. The maximum absolute atomic E-state index is 13.8. The molecule has 1 aliphatic heterocycles. The molecule has 0 aliphatic carbocycles. The summed E-state index contributed by atoms with van der Waals surface area (Å²) in [6, 6.07) is 9.06. The van der Waals surface area contributed by atoms with E-state index < -0.39 is 11.7 Å². The quantitative estimate of drug-likeness (QED) is 0.442. The summed E-state index contributed by atoms with van der Waals surface area (Å²) in [5.41, 5.74) is 1.86. The molecule has 0 fully saturated rings. The third-order valence-electron chi connectivity index (χ3n) is 5.12. The van der Waals surface area contributed by atoms with Crippen LogP contribution in [0.25, 0.3) is 16.4 Å². The van der Waals surface area contributed by atoms with Crippen LogP contribution in [0.3, 0.4) is 0 Å². The first-order valence-electron chi connectivity index (χ1n) is 9.63. The van der Waals surface area contributed by atoms with Gasteiger partial charge < -0.3 is 0 Å². The molecule has 11 heteroatoms. The van der Waals surface area contributed by atoms with Gasteiger partial charge in [-0.1, -0.05) is 0 Å². The minimum Gasteiger partial charge on any atom is -0.243 e. The Hall–Kier alpha value is -3.78. The van der Waals surface area contributed by atoms with Crippen molar-refractivity contribution in [2.45, 2.75) is 19.5 Å². The molecule has 0 N–H and O–H groups in total. The van der Waals surface area contributed by atoms with E-state index in [0.717, 1.165) is 28.1 Å². The number of hydrogen-bond acceptors (Lipinski definition) is 6. The highest BCUT2D eigenvalue weighted by atomic mass is 32.1. The van der Waals surface area contributed by atoms with E-state index in [0.29, 0.717) is 18.7 Å². The largest absolute Gasteiger partial charge is 0.418 e. The Morgan fingerprint density at radius 2 is 2.03 bits per heavy atom. The molecule has 0 spiro atoms. The summed E-state index contributed by atoms with van der Waals surface area (Å²) in [6.07, 6.45) is -0.621. The molecular formula is C21H15F3N7S+. The molecule has 4 heterocycles. The van der Waals surface area contributed by atoms with Crippen LogP contribution in [0.1, 0.15) is 22.5 Å². The number of aryl methyl sites for hydroxylation is 1. The van der Waals surface area contributed by atoms with E-state index in [4.69, 9.17) is 5.26 Å². The zero-order chi connectivity index (χ0) is 22.5. The molecule has 0 atom stereocenters. The lowest BCUT2D eigenvalue weighted by molar-refractivity contribution is -0.737. The second kappa shape index (κ2) is 7.42. The van der Waals surface area contributed by atoms with Crippen molar-refractivity contribution in [2.75, 3.05) is 11.6 Å². The van der Waals surface area contributed by atoms with Crippen molar-refractivity contribution in [3.05, 3.63) is 70.6 Å². The number of nitrogens with zero attached hydrogens (tertiary/aromatic N) is 7. The van der Waals surface area contributed by atoms with Crippen molar-refractivity contribution < 1.29 is 18.0 Å². The van der Waals surface area contributed by atoms with Crippen LogP contribution in [-0.4, -0.2) is 26.4 Å². The summed E-state index contributed by atoms with van der Waals surface area (Å²) in [5.74, 6) is 0. The van der Waals surface area contributed by atoms with Crippen LogP contribution in [0.15, 0.2) is 48.1 Å². The first kappa shape index (κ1) is 20.1. The lowest BCUT2D eigenvalue weighted by Crippen LogP contribution is -2.56. The van der Waals surface area contributed by atoms with Gasteiger partial charge in [-0.05, 0) is 37.3 Å². The number of benzene rings is 1. The molecule has 0 saturated heterocycles. The number of rotatable bonds is 3. The lowest BCUT2D eigenvalue weighted by Gasteiger charge is -2.17. The monoisotopic (exact) mass is 454 g/mol. The van der Waals surface area contributed by atoms with E-state index in [-0.39, 0.29) is 11.3 Å². The molecule has 4 aromatic rings. The standard InChI is InChI=1S/C21H15F3N7S/c1-13-10-19(29-7-4-16(28-29)20-26-6-9-32-20)18-5-8-30(31(18)27-13)17-3-2-14(12-25)11-15(17)21(22,23)24/h2-4,6-7,9-11H,5,8H2,1H3/q+1. The van der Waals surface area contributed by atoms with Crippen LogP contribution in [0.4, 0.5) is 18.9 Å². The Morgan fingerprint density at radius 1 is 1.19 bits per heavy atom. The fourth-order valence-electron chi connectivity index (χ4n) is 3.76. The molecule has 0 radical (unpaired) electrons. The van der Waals surface area contributed by atoms with Crippen molar-refractivity contribution in [3.63, 3.8) is 0 Å². The van der Waals surface area contributed by atoms with Crippen molar-refractivity contribution >= 4 is 17.0 Å². The van der Waals surface area contributed by atoms with E-state index in [1.807, 2.05) is 17.5 Å². The van der Waals surface area contributed by atoms with Crippen molar-refractivity contribution in [1.82, 2.24) is 19.9 Å². The Kier molecular flexibility index (Phi) is 4.67. The molecular weight excluding hydrogens is 439 g/mol. The normalized spacial score (nSPS) is 13.3. The van der Waals surface area contributed by atoms with E-state index in [9.17, 15) is 13.2 Å². The SMILES string of the molecule is Cc1cc(-n2ccc(-c3nccs3)n2)c2[n+](n1)N(c1ccc(C#N)cc1C(F)(F)F)CC2. The predicted octanol–water partition coefficient (Wildman–Crippen LogP) is 3.70. The second-order valence-corrected chi connectivity index (χ2v) is 8.10. The van der Waals surface area contributed by atoms with Crippen LogP contribution < -0.4 is 9.80 Å². The van der Waals surface area contributed by atoms with Crippen LogP contribution in [0.5, 0.6) is 0 Å². The van der Waals surface area contributed by atoms with Gasteiger partial charge in [0.15, 0.2) is 0 Å². The number of nitriles is 1. The number of thiazole rings is 1. The van der Waals surface area contributed by atoms with E-state index >= 15 is 0 Å². The number of halogens is 3. The smallest absolute Gasteiger partial charge is 0.243 e. The highest BCUT2D eigenvalue weighted by molar-refractivity contribution is 7.13. The number of anilines is 1. The van der Waals surface area contributed by atoms with Gasteiger partial charge in [-0.3, -0.25) is 0 Å². The Morgan fingerprint density at radius 3 is 2.75 bits per heavy atom. The third-order valence-corrected chi connectivity index (χ3v) is 5.92. The number of aromatic nitrogens is 5. The molecule has 0 bridgehead atoms. The van der Waals surface area contributed by atoms with Gasteiger partial charge in [-0.2, -0.15) is 23.5 Å². The first-order chi connectivity index (χ1) is 15.3. The van der Waals surface area contributed by atoms with Gasteiger partial charge in [0.1, 0.15) is 27.8 Å². The topological polar surface area (TPSA) is 74.5 Å². The van der Waals surface area contributed by atoms with Gasteiger partial charge in [-0.25, -0.2) is 9.67 Å². The van der Waals surface area contributed by atoms with Crippen LogP contribution in [-0.2, 0) is 12.6 Å². The molecule has 160 valence electrons. The van der Waals surface area contributed by atoms with Gasteiger partial charge in [-0.15, -0.1) is 16.3 Å². The maximum atomic E-state index is 13.8. The molecule has 0 unspecified atom stereocenters. The third kappa shape index (κ3) is 3.38. The Labute approximate surface area is 184 Å². The first-order valence-corrected chi connectivity index (χ1v) is 10.5. The molecule has 7 nitrogen and oxygen atoms in total. The van der Waals surface area contributed by atoms with Crippen LogP contribution >= 0.6 is 11.3 Å². The molecule has 32 heavy (non-hydrogen) atoms. The molecule has 3 aromatic heterocycles. The maximum Gasteiger partial charge on any atom is 0.418 e. The summed E-state index contributed by atoms with van der Waals surface area (Å²) >= 11 is 1.48. The van der Waals surface area contributed by atoms with Gasteiger partial charge in [0, 0.05) is 27.7 Å². The zero-order valence-electron chi connectivity index (χ0n) is 16.7. The minimum absolute atomic E-state index is 0.0466. The van der Waals surface area contributed by atoms with E-state index in [2.05, 4.69) is 15.2 Å². The zero-order valence-corrected chi connectivity index (χ0v) is 17.5. The van der Waals surface area contributed by atoms with Gasteiger partial charge in [0.05, 0.1) is 30.2 Å². The summed E-state index contributed by atoms with van der Waals surface area (Å²) in [4.78, 5) is 5.78. The Bertz CT molecular complexity index is 1350. The summed E-state index contributed by atoms with van der Waals surface area (Å²) < 4.78 is 43.0. The van der Waals surface area contributed by atoms with Gasteiger partial charge in [0.25, 0.3) is 5.69 Å². The summed E-state index contributed by atoms with van der Waals surface area (Å²) in [5, 5.41) is 22.3. The number of fused-ring (bicyclic) bond motifs is 1. The lowest BCUT2D eigenvalue weighted by atomic mass is 10.1. The number of hydrogen-bond donors (Lipinski definition) is 0. The number of alkyl halides is 3. The summed E-state index contributed by atoms with van der Waals surface area (Å²) in [7, 11) is 0. The van der Waals surface area contributed by atoms with Gasteiger partial charge in [0.2, 0.25) is 0 Å². The van der Waals surface area contributed by atoms with E-state index in [1.54, 1.807) is 30.1 Å².